The van der Waals surface area contributed by atoms with Gasteiger partial charge in [-0.05, 0) is 29.5 Å². The molecule has 2 aliphatic heterocycles. The molecule has 2 aliphatic rings. The van der Waals surface area contributed by atoms with Crippen LogP contribution >= 0.6 is 23.4 Å². The minimum Gasteiger partial charge on any atom is -0.269 e. The third kappa shape index (κ3) is 2.74. The van der Waals surface area contributed by atoms with Crippen LogP contribution in [0.4, 0.5) is 4.79 Å². The van der Waals surface area contributed by atoms with E-state index in [1.807, 2.05) is 35.9 Å². The zero-order chi connectivity index (χ0) is 16.7. The predicted octanol–water partition coefficient (Wildman–Crippen LogP) is 1.88. The van der Waals surface area contributed by atoms with E-state index >= 15 is 0 Å². The number of nitrogens with zero attached hydrogens (tertiary/aromatic N) is 4. The Balaban J connectivity index is 1.81. The summed E-state index contributed by atoms with van der Waals surface area (Å²) in [5, 5.41) is 1.42. The number of carbonyl (C=O) groups is 2. The Kier molecular flexibility index (Phi) is 4.16. The van der Waals surface area contributed by atoms with Gasteiger partial charge in [0.1, 0.15) is 0 Å². The highest BCUT2D eigenvalue weighted by Crippen LogP contribution is 2.24. The molecule has 3 amide bonds. The SMILES string of the molecule is CN1C(=O)C2N=C(SCc3ccc(Cl)cc3)[N+](C)=C2N(C)C1=O. The average Bonchev–Trinajstić information content (AvgIpc) is 2.87. The van der Waals surface area contributed by atoms with Crippen LogP contribution in [0.3, 0.4) is 0 Å². The second-order valence-corrected chi connectivity index (χ2v) is 6.76. The van der Waals surface area contributed by atoms with E-state index in [1.165, 1.54) is 23.7 Å². The van der Waals surface area contributed by atoms with Gasteiger partial charge in [0.15, 0.2) is 0 Å². The summed E-state index contributed by atoms with van der Waals surface area (Å²) in [5.41, 5.74) is 1.11. The number of thioether (sulfide) groups is 1. The Bertz CT molecular complexity index is 744. The summed E-state index contributed by atoms with van der Waals surface area (Å²) in [5.74, 6) is 1.02. The quantitative estimate of drug-likeness (QED) is 0.764. The summed E-state index contributed by atoms with van der Waals surface area (Å²) in [6.45, 7) is 0. The van der Waals surface area contributed by atoms with Crippen molar-refractivity contribution >= 4 is 46.3 Å². The lowest BCUT2D eigenvalue weighted by Crippen LogP contribution is -2.59. The number of fused-ring (bicyclic) bond motifs is 1. The molecule has 1 saturated heterocycles. The topological polar surface area (TPSA) is 56.0 Å². The fraction of sp³-hybridized carbons (Fsp3) is 0.333. The number of imide groups is 1. The van der Waals surface area contributed by atoms with Crippen molar-refractivity contribution in [2.45, 2.75) is 11.8 Å². The van der Waals surface area contributed by atoms with Gasteiger partial charge in [-0.3, -0.25) is 9.69 Å². The lowest BCUT2D eigenvalue weighted by Gasteiger charge is -2.27. The Morgan fingerprint density at radius 2 is 1.87 bits per heavy atom. The van der Waals surface area contributed by atoms with Gasteiger partial charge in [0, 0.05) is 17.8 Å². The van der Waals surface area contributed by atoms with E-state index in [4.69, 9.17) is 11.6 Å². The monoisotopic (exact) mass is 351 g/mol. The van der Waals surface area contributed by atoms with E-state index in [0.717, 1.165) is 15.6 Å². The van der Waals surface area contributed by atoms with E-state index in [0.29, 0.717) is 16.6 Å². The molecule has 0 aliphatic carbocycles. The van der Waals surface area contributed by atoms with E-state index in [1.54, 1.807) is 7.05 Å². The van der Waals surface area contributed by atoms with Crippen molar-refractivity contribution in [3.63, 3.8) is 0 Å². The largest absolute Gasteiger partial charge is 0.388 e. The predicted molar refractivity (Wildman–Crippen MR) is 91.1 cm³/mol. The Labute approximate surface area is 143 Å². The van der Waals surface area contributed by atoms with Gasteiger partial charge >= 0.3 is 6.03 Å². The second kappa shape index (κ2) is 5.98. The number of hydrogen-bond acceptors (Lipinski definition) is 4. The number of amides is 3. The molecule has 8 heteroatoms. The van der Waals surface area contributed by atoms with Crippen molar-refractivity contribution in [1.82, 2.24) is 9.80 Å². The first-order valence-electron chi connectivity index (χ1n) is 7.01. The van der Waals surface area contributed by atoms with Crippen LogP contribution in [0, 0.1) is 0 Å². The van der Waals surface area contributed by atoms with Gasteiger partial charge < -0.3 is 0 Å². The zero-order valence-electron chi connectivity index (χ0n) is 13.0. The van der Waals surface area contributed by atoms with Gasteiger partial charge in [0.2, 0.25) is 0 Å². The summed E-state index contributed by atoms with van der Waals surface area (Å²) < 4.78 is 1.81. The first kappa shape index (κ1) is 16.0. The highest BCUT2D eigenvalue weighted by Gasteiger charge is 2.51. The molecule has 3 rings (SSSR count). The molecule has 1 fully saturated rings. The van der Waals surface area contributed by atoms with Crippen molar-refractivity contribution in [2.75, 3.05) is 21.1 Å². The maximum atomic E-state index is 12.3. The van der Waals surface area contributed by atoms with Crippen molar-refractivity contribution in [1.29, 1.82) is 0 Å². The van der Waals surface area contributed by atoms with Crippen LogP contribution in [-0.4, -0.2) is 64.5 Å². The first-order valence-corrected chi connectivity index (χ1v) is 8.37. The average molecular weight is 352 g/mol. The number of likely N-dealkylation sites (N-methyl/N-ethyl adjacent to an activating group) is 2. The van der Waals surface area contributed by atoms with Crippen LogP contribution in [0.25, 0.3) is 0 Å². The number of benzene rings is 1. The molecule has 1 aromatic rings. The van der Waals surface area contributed by atoms with Crippen molar-refractivity contribution in [2.24, 2.45) is 4.99 Å². The lowest BCUT2D eigenvalue weighted by molar-refractivity contribution is -0.367. The van der Waals surface area contributed by atoms with E-state index in [9.17, 15) is 9.59 Å². The number of amidine groups is 2. The molecule has 0 saturated carbocycles. The zero-order valence-corrected chi connectivity index (χ0v) is 14.6. The molecular weight excluding hydrogens is 336 g/mol. The number of hydrogen-bond donors (Lipinski definition) is 0. The van der Waals surface area contributed by atoms with Crippen molar-refractivity contribution < 1.29 is 14.2 Å². The Morgan fingerprint density at radius 1 is 1.22 bits per heavy atom. The second-order valence-electron chi connectivity index (χ2n) is 5.39. The molecule has 0 N–H and O–H groups in total. The van der Waals surface area contributed by atoms with Crippen LogP contribution < -0.4 is 0 Å². The minimum atomic E-state index is -0.639. The number of halogens is 1. The fourth-order valence-corrected chi connectivity index (χ4v) is 3.65. The normalized spacial score (nSPS) is 21.0. The van der Waals surface area contributed by atoms with Gasteiger partial charge in [-0.15, -0.1) is 4.99 Å². The van der Waals surface area contributed by atoms with Gasteiger partial charge in [-0.2, -0.15) is 0 Å². The highest BCUT2D eigenvalue weighted by atomic mass is 35.5. The summed E-state index contributed by atoms with van der Waals surface area (Å²) >= 11 is 7.41. The number of rotatable bonds is 2. The molecule has 120 valence electrons. The molecule has 0 bridgehead atoms. The molecule has 6 nitrogen and oxygen atoms in total. The maximum Gasteiger partial charge on any atom is 0.388 e. The number of carbonyl (C=O) groups excluding carboxylic acids is 2. The third-order valence-corrected chi connectivity index (χ3v) is 5.25. The van der Waals surface area contributed by atoms with Crippen molar-refractivity contribution in [3.05, 3.63) is 34.9 Å². The van der Waals surface area contributed by atoms with Crippen molar-refractivity contribution in [3.8, 4) is 0 Å². The van der Waals surface area contributed by atoms with Crippen LogP contribution in [0.5, 0.6) is 0 Å². The van der Waals surface area contributed by atoms with Gasteiger partial charge in [-0.25, -0.2) is 14.3 Å². The summed E-state index contributed by atoms with van der Waals surface area (Å²) in [6.07, 6.45) is 0. The molecule has 0 spiro atoms. The molecule has 0 aromatic heterocycles. The molecular formula is C15H16ClN4O2S+. The molecule has 2 heterocycles. The van der Waals surface area contributed by atoms with Crippen LogP contribution in [-0.2, 0) is 10.5 Å². The Hall–Kier alpha value is -1.86. The Morgan fingerprint density at radius 3 is 2.52 bits per heavy atom. The molecule has 0 radical (unpaired) electrons. The molecule has 23 heavy (non-hydrogen) atoms. The van der Waals surface area contributed by atoms with E-state index < -0.39 is 6.04 Å². The minimum absolute atomic E-state index is 0.294. The number of aliphatic imine (C=N–C) groups is 1. The van der Waals surface area contributed by atoms with Gasteiger partial charge in [0.25, 0.3) is 23.0 Å². The maximum absolute atomic E-state index is 12.3. The standard InChI is InChI=1S/C15H16ClN4O2S/c1-18-12-11(13(21)20(3)15(22)19(12)2)17-14(18)23-8-9-4-6-10(16)7-5-9/h4-7,11H,8H2,1-3H3/q+1. The van der Waals surface area contributed by atoms with E-state index in [2.05, 4.69) is 4.99 Å². The van der Waals surface area contributed by atoms with Crippen LogP contribution in [0.2, 0.25) is 5.02 Å². The first-order chi connectivity index (χ1) is 10.9. The molecule has 1 atom stereocenters. The van der Waals surface area contributed by atoms with Gasteiger partial charge in [-0.1, -0.05) is 23.7 Å². The summed E-state index contributed by atoms with van der Waals surface area (Å²) in [7, 11) is 4.96. The lowest BCUT2D eigenvalue weighted by atomic mass is 10.2. The van der Waals surface area contributed by atoms with Gasteiger partial charge in [0.05, 0.1) is 14.1 Å². The molecule has 1 aromatic carbocycles. The molecule has 1 unspecified atom stereocenters. The highest BCUT2D eigenvalue weighted by molar-refractivity contribution is 8.12. The van der Waals surface area contributed by atoms with E-state index in [-0.39, 0.29) is 11.9 Å². The number of urea groups is 1. The fourth-order valence-electron chi connectivity index (χ4n) is 2.57. The van der Waals surface area contributed by atoms with Crippen LogP contribution in [0.1, 0.15) is 5.56 Å². The summed E-state index contributed by atoms with van der Waals surface area (Å²) in [6, 6.07) is 6.63. The smallest absolute Gasteiger partial charge is 0.269 e. The van der Waals surface area contributed by atoms with Crippen LogP contribution in [0.15, 0.2) is 29.3 Å². The summed E-state index contributed by atoms with van der Waals surface area (Å²) in [4.78, 5) is 31.4. The third-order valence-electron chi connectivity index (χ3n) is 3.88.